The Morgan fingerprint density at radius 2 is 2.75 bits per heavy atom. The molecule has 66 valence electrons. The minimum absolute atomic E-state index is 0.0826. The number of rotatable bonds is 3. The van der Waals surface area contributed by atoms with Crippen molar-refractivity contribution in [2.75, 3.05) is 0 Å². The van der Waals surface area contributed by atoms with Gasteiger partial charge in [-0.2, -0.15) is 0 Å². The van der Waals surface area contributed by atoms with Gasteiger partial charge in [-0.3, -0.25) is 4.79 Å². The fourth-order valence-electron chi connectivity index (χ4n) is 0.824. The Morgan fingerprint density at radius 1 is 2.08 bits per heavy atom. The zero-order valence-corrected chi connectivity index (χ0v) is 6.69. The van der Waals surface area contributed by atoms with Crippen molar-refractivity contribution >= 4 is 5.97 Å². The lowest BCUT2D eigenvalue weighted by Gasteiger charge is -2.05. The Hall–Kier alpha value is -1.36. The summed E-state index contributed by atoms with van der Waals surface area (Å²) in [6, 6.07) is -0.973. The molecule has 0 aliphatic rings. The first-order valence-corrected chi connectivity index (χ1v) is 3.47. The molecule has 0 aromatic carbocycles. The van der Waals surface area contributed by atoms with Gasteiger partial charge in [-0.1, -0.05) is 0 Å². The van der Waals surface area contributed by atoms with Crippen molar-refractivity contribution in [3.63, 3.8) is 0 Å². The van der Waals surface area contributed by atoms with Crippen LogP contribution in [0.5, 0.6) is 0 Å². The molecule has 1 atom stereocenters. The van der Waals surface area contributed by atoms with Gasteiger partial charge in [-0.25, -0.2) is 4.98 Å². The van der Waals surface area contributed by atoms with E-state index in [1.54, 1.807) is 11.6 Å². The lowest BCUT2D eigenvalue weighted by Crippen LogP contribution is -2.32. The molecule has 5 heteroatoms. The van der Waals surface area contributed by atoms with Crippen LogP contribution in [0.15, 0.2) is 12.5 Å². The van der Waals surface area contributed by atoms with Gasteiger partial charge in [0.2, 0.25) is 0 Å². The van der Waals surface area contributed by atoms with Gasteiger partial charge < -0.3 is 15.4 Å². The predicted octanol–water partition coefficient (Wildman–Crippen LogP) is -0.626. The molecule has 5 nitrogen and oxygen atoms in total. The van der Waals surface area contributed by atoms with Crippen LogP contribution in [0, 0.1) is 0 Å². The average Bonchev–Trinajstić information content (AvgIpc) is 2.35. The quantitative estimate of drug-likeness (QED) is 0.634. The molecule has 1 aromatic heterocycles. The zero-order chi connectivity index (χ0) is 10.0. The van der Waals surface area contributed by atoms with Gasteiger partial charge in [-0.15, -0.1) is 0 Å². The summed E-state index contributed by atoms with van der Waals surface area (Å²) in [5, 5.41) is 8.55. The number of aromatic nitrogens is 2. The van der Waals surface area contributed by atoms with Crippen LogP contribution in [0.1, 0.15) is 7.06 Å². The molecule has 12 heavy (non-hydrogen) atoms. The Morgan fingerprint density at radius 3 is 3.17 bits per heavy atom. The van der Waals surface area contributed by atoms with E-state index in [0.717, 1.165) is 0 Å². The second kappa shape index (κ2) is 3.36. The first kappa shape index (κ1) is 7.30. The van der Waals surface area contributed by atoms with Gasteiger partial charge in [0.05, 0.1) is 7.70 Å². The summed E-state index contributed by atoms with van der Waals surface area (Å²) in [5.41, 5.74) is 5.86. The van der Waals surface area contributed by atoms with Gasteiger partial charge in [0, 0.05) is 25.3 Å². The number of nitrogens with two attached hydrogens (primary N) is 1. The topological polar surface area (TPSA) is 81.1 Å². The highest BCUT2D eigenvalue weighted by molar-refractivity contribution is 5.73. The molecular formula is C7H11N3O2. The van der Waals surface area contributed by atoms with Crippen LogP contribution in [0.3, 0.4) is 0 Å². The molecule has 1 rings (SSSR count). The molecule has 0 fully saturated rings. The van der Waals surface area contributed by atoms with E-state index in [9.17, 15) is 4.79 Å². The van der Waals surface area contributed by atoms with Crippen molar-refractivity contribution in [2.45, 2.75) is 12.5 Å². The predicted molar refractivity (Wildman–Crippen MR) is 42.5 cm³/mol. The average molecular weight is 171 g/mol. The summed E-state index contributed by atoms with van der Waals surface area (Å²) in [7, 11) is 1.70. The molecule has 0 spiro atoms. The van der Waals surface area contributed by atoms with Gasteiger partial charge in [0.1, 0.15) is 6.04 Å². The molecule has 3 N–H and O–H groups in total. The van der Waals surface area contributed by atoms with E-state index < -0.39 is 12.0 Å². The van der Waals surface area contributed by atoms with E-state index in [-0.39, 0.29) is 12.6 Å². The molecule has 0 radical (unpaired) electrons. The highest BCUT2D eigenvalue weighted by Gasteiger charge is 2.13. The number of carboxylic acid groups (broad SMARTS) is 1. The molecular weight excluding hydrogens is 158 g/mol. The molecule has 1 heterocycles. The number of nitrogens with zero attached hydrogens (tertiary/aromatic N) is 2. The van der Waals surface area contributed by atoms with Crippen molar-refractivity contribution in [3.05, 3.63) is 18.2 Å². The van der Waals surface area contributed by atoms with Gasteiger partial charge in [0.15, 0.2) is 0 Å². The lowest BCUT2D eigenvalue weighted by molar-refractivity contribution is -0.138. The molecule has 0 saturated heterocycles. The largest absolute Gasteiger partial charge is 0.480 e. The molecule has 0 aliphatic carbocycles. The van der Waals surface area contributed by atoms with Crippen molar-refractivity contribution in [3.8, 4) is 0 Å². The number of aliphatic carboxylic acids is 1. The van der Waals surface area contributed by atoms with Crippen LogP contribution in [0.25, 0.3) is 0 Å². The Bertz CT molecular complexity index is 304. The van der Waals surface area contributed by atoms with Gasteiger partial charge >= 0.3 is 5.97 Å². The summed E-state index contributed by atoms with van der Waals surface area (Å²) < 4.78 is 8.95. The van der Waals surface area contributed by atoms with Gasteiger partial charge in [0.25, 0.3) is 0 Å². The minimum atomic E-state index is -1.07. The van der Waals surface area contributed by atoms with E-state index in [1.165, 1.54) is 6.33 Å². The molecule has 1 aromatic rings. The highest BCUT2D eigenvalue weighted by Crippen LogP contribution is 1.99. The molecule has 0 aliphatic heterocycles. The van der Waals surface area contributed by atoms with Crippen LogP contribution in [-0.2, 0) is 18.3 Å². The number of aryl methyl sites for hydroxylation is 1. The first-order chi connectivity index (χ1) is 6.02. The number of carbonyl (C=O) groups is 1. The van der Waals surface area contributed by atoms with E-state index in [4.69, 9.17) is 12.2 Å². The highest BCUT2D eigenvalue weighted by atomic mass is 16.4. The third-order valence-corrected chi connectivity index (χ3v) is 1.58. The zero-order valence-electron chi connectivity index (χ0n) is 7.69. The molecule has 0 unspecified atom stereocenters. The lowest BCUT2D eigenvalue weighted by atomic mass is 10.2. The smallest absolute Gasteiger partial charge is 0.320 e. The normalized spacial score (nSPS) is 14.0. The van der Waals surface area contributed by atoms with Crippen LogP contribution in [0.4, 0.5) is 0 Å². The Kier molecular flexibility index (Phi) is 2.04. The Labute approximate surface area is 71.2 Å². The van der Waals surface area contributed by atoms with Crippen LogP contribution >= 0.6 is 0 Å². The van der Waals surface area contributed by atoms with E-state index in [1.807, 2.05) is 0 Å². The number of imidazole rings is 1. The molecule has 0 amide bonds. The maximum atomic E-state index is 10.4. The monoisotopic (exact) mass is 171 g/mol. The molecule has 0 bridgehead atoms. The number of carboxylic acids is 1. The van der Waals surface area contributed by atoms with Crippen molar-refractivity contribution in [1.82, 2.24) is 9.55 Å². The SMILES string of the molecule is [3H]c1ncn(C)c1C[C@H](N)C(=O)O. The fraction of sp³-hybridized carbons (Fsp3) is 0.429. The Balaban J connectivity index is 2.79. The van der Waals surface area contributed by atoms with Crippen LogP contribution < -0.4 is 5.73 Å². The summed E-state index contributed by atoms with van der Waals surface area (Å²) in [5.74, 6) is -1.07. The molecule has 0 saturated carbocycles. The second-order valence-electron chi connectivity index (χ2n) is 2.56. The van der Waals surface area contributed by atoms with E-state index in [0.29, 0.717) is 5.69 Å². The van der Waals surface area contributed by atoms with E-state index >= 15 is 0 Å². The van der Waals surface area contributed by atoms with Gasteiger partial charge in [-0.05, 0) is 0 Å². The standard InChI is InChI=1S/C7H11N3O2/c1-10-4-9-3-5(10)2-6(8)7(11)12/h3-4,6H,2,8H2,1H3,(H,11,12)/t6-/m0/s1/i3T. The summed E-state index contributed by atoms with van der Waals surface area (Å²) in [6.45, 7) is 0. The summed E-state index contributed by atoms with van der Waals surface area (Å²) in [4.78, 5) is 14.1. The van der Waals surface area contributed by atoms with E-state index in [2.05, 4.69) is 4.98 Å². The number of hydrogen-bond donors (Lipinski definition) is 2. The van der Waals surface area contributed by atoms with Crippen molar-refractivity contribution in [2.24, 2.45) is 12.8 Å². The maximum absolute atomic E-state index is 10.4. The van der Waals surface area contributed by atoms with Crippen LogP contribution in [0.2, 0.25) is 0 Å². The van der Waals surface area contributed by atoms with Crippen molar-refractivity contribution < 1.29 is 11.3 Å². The third-order valence-electron chi connectivity index (χ3n) is 1.58. The number of hydrogen-bond acceptors (Lipinski definition) is 3. The summed E-state index contributed by atoms with van der Waals surface area (Å²) in [6.07, 6.45) is 1.68. The maximum Gasteiger partial charge on any atom is 0.320 e. The van der Waals surface area contributed by atoms with Crippen LogP contribution in [-0.4, -0.2) is 26.7 Å². The van der Waals surface area contributed by atoms with Crippen molar-refractivity contribution in [1.29, 1.82) is 0 Å². The third kappa shape index (κ3) is 1.82. The fourth-order valence-corrected chi connectivity index (χ4v) is 0.824. The second-order valence-corrected chi connectivity index (χ2v) is 2.56. The minimum Gasteiger partial charge on any atom is -0.480 e. The first-order valence-electron chi connectivity index (χ1n) is 3.97. The summed E-state index contributed by atoms with van der Waals surface area (Å²) >= 11 is 0.